The fourth-order valence-electron chi connectivity index (χ4n) is 5.08. The first-order valence-corrected chi connectivity index (χ1v) is 23.7. The molecule has 4 N–H and O–H groups in total. The van der Waals surface area contributed by atoms with Gasteiger partial charge in [0.15, 0.2) is 0 Å². The summed E-state index contributed by atoms with van der Waals surface area (Å²) in [5, 5.41) is 8.90. The quantitative estimate of drug-likeness (QED) is 0.0235. The number of carbonyl (C=O) groups is 2. The second-order valence-corrected chi connectivity index (χ2v) is 15.5. The van der Waals surface area contributed by atoms with Gasteiger partial charge in [0.1, 0.15) is 12.1 Å². The number of phosphoric acid groups is 1. The average molecular weight is 868 g/mol. The van der Waals surface area contributed by atoms with Crippen molar-refractivity contribution in [1.82, 2.24) is 0 Å². The molecule has 10 nitrogen and oxygen atoms in total. The molecule has 0 amide bonds. The zero-order valence-corrected chi connectivity index (χ0v) is 38.1. The molecule has 0 fully saturated rings. The van der Waals surface area contributed by atoms with Gasteiger partial charge < -0.3 is 25.2 Å². The highest BCUT2D eigenvalue weighted by Crippen LogP contribution is 2.43. The predicted octanol–water partition coefficient (Wildman–Crippen LogP) is 12.6. The third kappa shape index (κ3) is 44.0. The molecule has 0 saturated carbocycles. The van der Waals surface area contributed by atoms with Crippen LogP contribution in [0.5, 0.6) is 0 Å². The molecule has 0 radical (unpaired) electrons. The van der Waals surface area contributed by atoms with E-state index in [1.165, 1.54) is 0 Å². The Labute approximate surface area is 368 Å². The number of hydrogen-bond donors (Lipinski definition) is 3. The van der Waals surface area contributed by atoms with E-state index in [4.69, 9.17) is 29.4 Å². The minimum Gasteiger partial charge on any atom is -0.480 e. The summed E-state index contributed by atoms with van der Waals surface area (Å²) in [5.41, 5.74) is 5.35. The standard InChI is InChI=1S/C50H78NO9P/c1-3-5-7-9-11-13-15-17-19-21-22-23-24-25-26-27-28-30-32-34-36-38-40-42-49(52)60-47(45-58-61(55,56)59-46-48(51)50(53)54)44-57-43-41-39-37-35-33-31-29-20-18-16-14-12-10-8-6-4-2/h5-8,11-14,17-20,22-23,25-26,28,30-31,33,37,39,47-48H,3-4,9-10,15-16,21,24,27,29,32,34-36,38,40-46,51H2,1-2H3,(H,53,54)(H,55,56)/b7-5-,8-6-,13-11-,14-12-,19-17-,20-18-,23-22-,26-25-,30-28-,33-31-,39-37-. The van der Waals surface area contributed by atoms with Gasteiger partial charge in [-0.1, -0.05) is 160 Å². The number of allylic oxidation sites excluding steroid dienone is 21. The van der Waals surface area contributed by atoms with E-state index >= 15 is 0 Å². The molecule has 0 rings (SSSR count). The highest BCUT2D eigenvalue weighted by Gasteiger charge is 2.27. The van der Waals surface area contributed by atoms with E-state index in [9.17, 15) is 19.0 Å². The lowest BCUT2D eigenvalue weighted by molar-refractivity contribution is -0.154. The monoisotopic (exact) mass is 868 g/mol. The second kappa shape index (κ2) is 44.2. The third-order valence-electron chi connectivity index (χ3n) is 8.44. The van der Waals surface area contributed by atoms with E-state index in [0.29, 0.717) is 19.4 Å². The molecule has 0 aliphatic carbocycles. The lowest BCUT2D eigenvalue weighted by Crippen LogP contribution is -2.34. The summed E-state index contributed by atoms with van der Waals surface area (Å²) in [4.78, 5) is 33.6. The smallest absolute Gasteiger partial charge is 0.472 e. The van der Waals surface area contributed by atoms with Crippen LogP contribution in [0.1, 0.15) is 129 Å². The Morgan fingerprint density at radius 1 is 0.525 bits per heavy atom. The fraction of sp³-hybridized carbons (Fsp3) is 0.520. The van der Waals surface area contributed by atoms with Crippen LogP contribution in [-0.2, 0) is 32.7 Å². The van der Waals surface area contributed by atoms with Crippen molar-refractivity contribution in [2.24, 2.45) is 5.73 Å². The molecule has 11 heteroatoms. The number of rotatable bonds is 40. The van der Waals surface area contributed by atoms with E-state index in [1.54, 1.807) is 0 Å². The first-order chi connectivity index (χ1) is 29.7. The normalized spacial score (nSPS) is 15.1. The molecule has 0 aromatic heterocycles. The van der Waals surface area contributed by atoms with Crippen LogP contribution in [0.4, 0.5) is 0 Å². The molecule has 61 heavy (non-hydrogen) atoms. The molecule has 0 bridgehead atoms. The number of carboxylic acids is 1. The zero-order valence-electron chi connectivity index (χ0n) is 37.2. The second-order valence-electron chi connectivity index (χ2n) is 14.1. The molecule has 0 aliphatic heterocycles. The van der Waals surface area contributed by atoms with Gasteiger partial charge in [0.05, 0.1) is 26.4 Å². The van der Waals surface area contributed by atoms with Crippen LogP contribution in [0, 0.1) is 0 Å². The maximum Gasteiger partial charge on any atom is 0.472 e. The SMILES string of the molecule is CC/C=C\C/C=C\C/C=C\C/C=C\C/C=C\C/C=C\CCCCCCC(=O)OC(COCC/C=C\C/C=C\C/C=C\C/C=C\C/C=C\CC)COP(=O)(O)OCC(N)C(=O)O. The molecule has 0 heterocycles. The van der Waals surface area contributed by atoms with Crippen molar-refractivity contribution < 1.29 is 42.7 Å². The lowest BCUT2D eigenvalue weighted by atomic mass is 10.1. The highest BCUT2D eigenvalue weighted by atomic mass is 31.2. The fourth-order valence-corrected chi connectivity index (χ4v) is 5.86. The summed E-state index contributed by atoms with van der Waals surface area (Å²) in [5.74, 6) is -1.85. The molecule has 0 spiro atoms. The number of esters is 1. The molecular formula is C50H78NO9P. The Morgan fingerprint density at radius 2 is 0.902 bits per heavy atom. The maximum absolute atomic E-state index is 12.6. The van der Waals surface area contributed by atoms with Crippen LogP contribution < -0.4 is 5.73 Å². The topological polar surface area (TPSA) is 155 Å². The van der Waals surface area contributed by atoms with Crippen LogP contribution in [0.15, 0.2) is 134 Å². The first-order valence-electron chi connectivity index (χ1n) is 22.2. The van der Waals surface area contributed by atoms with Gasteiger partial charge in [0, 0.05) is 6.42 Å². The van der Waals surface area contributed by atoms with Crippen LogP contribution in [0.2, 0.25) is 0 Å². The van der Waals surface area contributed by atoms with Crippen LogP contribution >= 0.6 is 7.82 Å². The Morgan fingerprint density at radius 3 is 1.33 bits per heavy atom. The summed E-state index contributed by atoms with van der Waals surface area (Å²) in [6, 6.07) is -1.50. The number of ether oxygens (including phenoxy) is 2. The number of aliphatic carboxylic acids is 1. The van der Waals surface area contributed by atoms with Crippen LogP contribution in [-0.4, -0.2) is 60.5 Å². The molecule has 0 aromatic rings. The third-order valence-corrected chi connectivity index (χ3v) is 9.40. The minimum atomic E-state index is -4.66. The summed E-state index contributed by atoms with van der Waals surface area (Å²) in [6.07, 6.45) is 62.4. The first kappa shape index (κ1) is 57.1. The van der Waals surface area contributed by atoms with E-state index in [-0.39, 0.29) is 13.0 Å². The van der Waals surface area contributed by atoms with Gasteiger partial charge in [0.2, 0.25) is 0 Å². The number of hydrogen-bond acceptors (Lipinski definition) is 8. The van der Waals surface area contributed by atoms with Crippen LogP contribution in [0.25, 0.3) is 0 Å². The van der Waals surface area contributed by atoms with Gasteiger partial charge in [-0.05, 0) is 96.3 Å². The number of nitrogens with two attached hydrogens (primary N) is 1. The largest absolute Gasteiger partial charge is 0.480 e. The molecule has 0 saturated heterocycles. The van der Waals surface area contributed by atoms with E-state index in [0.717, 1.165) is 96.3 Å². The van der Waals surface area contributed by atoms with Crippen molar-refractivity contribution >= 4 is 19.8 Å². The Bertz CT molecular complexity index is 1470. The zero-order chi connectivity index (χ0) is 44.8. The van der Waals surface area contributed by atoms with Gasteiger partial charge >= 0.3 is 19.8 Å². The molecule has 3 unspecified atom stereocenters. The molecule has 342 valence electrons. The van der Waals surface area contributed by atoms with Crippen molar-refractivity contribution in [3.05, 3.63) is 134 Å². The summed E-state index contributed by atoms with van der Waals surface area (Å²) >= 11 is 0. The van der Waals surface area contributed by atoms with Gasteiger partial charge in [-0.3, -0.25) is 18.6 Å². The number of phosphoric ester groups is 1. The number of carbonyl (C=O) groups excluding carboxylic acids is 1. The minimum absolute atomic E-state index is 0.0585. The highest BCUT2D eigenvalue weighted by molar-refractivity contribution is 7.47. The Balaban J connectivity index is 4.42. The number of carboxylic acid groups (broad SMARTS) is 1. The summed E-state index contributed by atoms with van der Waals surface area (Å²) in [7, 11) is -4.66. The van der Waals surface area contributed by atoms with Crippen molar-refractivity contribution in [2.75, 3.05) is 26.4 Å². The maximum atomic E-state index is 12.6. The Kier molecular flexibility index (Phi) is 41.4. The lowest BCUT2D eigenvalue weighted by Gasteiger charge is -2.20. The summed E-state index contributed by atoms with van der Waals surface area (Å²) in [6.45, 7) is 3.36. The molecule has 3 atom stereocenters. The number of unbranched alkanes of at least 4 members (excludes halogenated alkanes) is 4. The van der Waals surface area contributed by atoms with Crippen molar-refractivity contribution in [3.63, 3.8) is 0 Å². The summed E-state index contributed by atoms with van der Waals surface area (Å²) < 4.78 is 33.2. The van der Waals surface area contributed by atoms with Gasteiger partial charge in [-0.25, -0.2) is 4.57 Å². The van der Waals surface area contributed by atoms with Crippen LogP contribution in [0.3, 0.4) is 0 Å². The van der Waals surface area contributed by atoms with Crippen molar-refractivity contribution in [3.8, 4) is 0 Å². The molecular weight excluding hydrogens is 790 g/mol. The Hall–Kier alpha value is -3.89. The predicted molar refractivity (Wildman–Crippen MR) is 253 cm³/mol. The van der Waals surface area contributed by atoms with E-state index in [1.807, 2.05) is 12.2 Å². The van der Waals surface area contributed by atoms with Gasteiger partial charge in [-0.2, -0.15) is 0 Å². The van der Waals surface area contributed by atoms with E-state index < -0.39 is 45.1 Å². The molecule has 0 aliphatic rings. The van der Waals surface area contributed by atoms with E-state index in [2.05, 4.69) is 135 Å². The average Bonchev–Trinajstić information content (AvgIpc) is 3.24. The van der Waals surface area contributed by atoms with Gasteiger partial charge in [0.25, 0.3) is 0 Å². The van der Waals surface area contributed by atoms with Crippen molar-refractivity contribution in [2.45, 2.75) is 142 Å². The molecule has 0 aromatic carbocycles. The van der Waals surface area contributed by atoms with Crippen molar-refractivity contribution in [1.29, 1.82) is 0 Å². The van der Waals surface area contributed by atoms with Gasteiger partial charge in [-0.15, -0.1) is 0 Å².